The Bertz CT molecular complexity index is 693. The second kappa shape index (κ2) is 5.66. The molecule has 0 spiro atoms. The number of rotatable bonds is 5. The highest BCUT2D eigenvalue weighted by Crippen LogP contribution is 2.24. The van der Waals surface area contributed by atoms with Gasteiger partial charge in [0.15, 0.2) is 0 Å². The molecular formula is C12H9NO6S. The molecule has 1 aromatic carbocycles. The van der Waals surface area contributed by atoms with Crippen LogP contribution < -0.4 is 0 Å². The first kappa shape index (κ1) is 13.9. The van der Waals surface area contributed by atoms with E-state index in [4.69, 9.17) is 9.52 Å². The number of nitro benzene ring substituents is 1. The number of hydrogen-bond donors (Lipinski definition) is 1. The summed E-state index contributed by atoms with van der Waals surface area (Å²) in [6.07, 6.45) is 1.04. The Kier molecular flexibility index (Phi) is 3.94. The Labute approximate surface area is 115 Å². The summed E-state index contributed by atoms with van der Waals surface area (Å²) in [5, 5.41) is 19.6. The van der Waals surface area contributed by atoms with Gasteiger partial charge in [0.1, 0.15) is 16.9 Å². The zero-order valence-corrected chi connectivity index (χ0v) is 10.8. The Morgan fingerprint density at radius 3 is 2.70 bits per heavy atom. The quantitative estimate of drug-likeness (QED) is 0.668. The third kappa shape index (κ3) is 2.91. The fourth-order valence-electron chi connectivity index (χ4n) is 1.58. The second-order valence-corrected chi connectivity index (χ2v) is 5.24. The molecule has 1 N–H and O–H groups in total. The highest BCUT2D eigenvalue weighted by atomic mass is 32.2. The lowest BCUT2D eigenvalue weighted by Crippen LogP contribution is -2.00. The lowest BCUT2D eigenvalue weighted by atomic mass is 10.3. The van der Waals surface area contributed by atoms with Crippen LogP contribution in [0.2, 0.25) is 0 Å². The molecule has 7 nitrogen and oxygen atoms in total. The summed E-state index contributed by atoms with van der Waals surface area (Å²) < 4.78 is 17.1. The summed E-state index contributed by atoms with van der Waals surface area (Å²) in [7, 11) is -1.69. The number of nitrogens with zero attached hydrogens (tertiary/aromatic N) is 1. The van der Waals surface area contributed by atoms with Crippen molar-refractivity contribution in [2.75, 3.05) is 0 Å². The molecule has 0 amide bonds. The van der Waals surface area contributed by atoms with E-state index >= 15 is 0 Å². The molecule has 1 unspecified atom stereocenters. The molecule has 0 radical (unpaired) electrons. The fraction of sp³-hybridized carbons (Fsp3) is 0.0833. The number of hydrogen-bond acceptors (Lipinski definition) is 5. The predicted molar refractivity (Wildman–Crippen MR) is 68.9 cm³/mol. The number of nitro groups is 1. The summed E-state index contributed by atoms with van der Waals surface area (Å²) in [5.74, 6) is -1.09. The first-order valence-corrected chi connectivity index (χ1v) is 6.73. The lowest BCUT2D eigenvalue weighted by Gasteiger charge is -2.01. The van der Waals surface area contributed by atoms with Gasteiger partial charge in [-0.25, -0.2) is 4.79 Å². The van der Waals surface area contributed by atoms with E-state index in [9.17, 15) is 19.1 Å². The molecule has 0 aliphatic carbocycles. The van der Waals surface area contributed by atoms with E-state index in [0.717, 1.165) is 6.26 Å². The van der Waals surface area contributed by atoms with Gasteiger partial charge in [-0.2, -0.15) is 0 Å². The van der Waals surface area contributed by atoms with Gasteiger partial charge in [0.05, 0.1) is 27.0 Å². The van der Waals surface area contributed by atoms with E-state index in [0.29, 0.717) is 0 Å². The first-order chi connectivity index (χ1) is 9.49. The van der Waals surface area contributed by atoms with Gasteiger partial charge >= 0.3 is 5.97 Å². The number of carboxylic acid groups (broad SMARTS) is 1. The van der Waals surface area contributed by atoms with Crippen molar-refractivity contribution in [2.24, 2.45) is 0 Å². The summed E-state index contributed by atoms with van der Waals surface area (Å²) >= 11 is 0. The minimum atomic E-state index is -1.69. The second-order valence-electron chi connectivity index (χ2n) is 3.82. The molecule has 2 aromatic rings. The average molecular weight is 295 g/mol. The number of para-hydroxylation sites is 1. The number of furan rings is 1. The number of carboxylic acids is 1. The van der Waals surface area contributed by atoms with Gasteiger partial charge in [-0.3, -0.25) is 14.3 Å². The lowest BCUT2D eigenvalue weighted by molar-refractivity contribution is -0.387. The van der Waals surface area contributed by atoms with E-state index in [1.54, 1.807) is 6.07 Å². The van der Waals surface area contributed by atoms with Gasteiger partial charge in [0.2, 0.25) is 0 Å². The van der Waals surface area contributed by atoms with Crippen molar-refractivity contribution in [3.63, 3.8) is 0 Å². The normalized spacial score (nSPS) is 12.0. The predicted octanol–water partition coefficient (Wildman–Crippen LogP) is 2.19. The van der Waals surface area contributed by atoms with E-state index < -0.39 is 21.7 Å². The zero-order valence-electron chi connectivity index (χ0n) is 10.0. The van der Waals surface area contributed by atoms with Gasteiger partial charge in [-0.1, -0.05) is 12.1 Å². The molecule has 0 fully saturated rings. The molecule has 104 valence electrons. The molecule has 0 aliphatic heterocycles. The standard InChI is InChI=1S/C12H9NO6S/c14-12(15)8-5-9(19-6-8)7-20(18)11-4-2-1-3-10(11)13(16)17/h1-6H,7H2,(H,14,15). The Balaban J connectivity index is 2.24. The Morgan fingerprint density at radius 1 is 1.40 bits per heavy atom. The maximum Gasteiger partial charge on any atom is 0.338 e. The molecule has 0 bridgehead atoms. The topological polar surface area (TPSA) is 111 Å². The van der Waals surface area contributed by atoms with Crippen LogP contribution in [-0.2, 0) is 16.6 Å². The van der Waals surface area contributed by atoms with Crippen molar-refractivity contribution in [2.45, 2.75) is 10.6 Å². The Morgan fingerprint density at radius 2 is 2.10 bits per heavy atom. The van der Waals surface area contributed by atoms with E-state index in [-0.39, 0.29) is 27.7 Å². The third-order valence-electron chi connectivity index (χ3n) is 2.48. The maximum atomic E-state index is 12.1. The molecule has 0 saturated heterocycles. The van der Waals surface area contributed by atoms with Crippen LogP contribution in [0.1, 0.15) is 16.1 Å². The SMILES string of the molecule is O=C(O)c1coc(CS(=O)c2ccccc2[N+](=O)[O-])c1. The van der Waals surface area contributed by atoms with Crippen molar-refractivity contribution in [3.05, 3.63) is 58.0 Å². The van der Waals surface area contributed by atoms with Crippen molar-refractivity contribution in [1.29, 1.82) is 0 Å². The monoisotopic (exact) mass is 295 g/mol. The van der Waals surface area contributed by atoms with E-state index in [1.807, 2.05) is 0 Å². The maximum absolute atomic E-state index is 12.1. The van der Waals surface area contributed by atoms with Crippen LogP contribution in [0.5, 0.6) is 0 Å². The smallest absolute Gasteiger partial charge is 0.338 e. The highest BCUT2D eigenvalue weighted by molar-refractivity contribution is 7.84. The van der Waals surface area contributed by atoms with Crippen LogP contribution in [0.25, 0.3) is 0 Å². The first-order valence-electron chi connectivity index (χ1n) is 5.41. The Hall–Kier alpha value is -2.48. The van der Waals surface area contributed by atoms with Crippen LogP contribution in [-0.4, -0.2) is 20.2 Å². The number of aromatic carboxylic acids is 1. The van der Waals surface area contributed by atoms with Crippen LogP contribution >= 0.6 is 0 Å². The van der Waals surface area contributed by atoms with Crippen LogP contribution in [0.15, 0.2) is 45.9 Å². The third-order valence-corrected chi connectivity index (χ3v) is 3.86. The molecule has 0 saturated carbocycles. The number of benzene rings is 1. The highest BCUT2D eigenvalue weighted by Gasteiger charge is 2.19. The molecule has 0 aliphatic rings. The number of carbonyl (C=O) groups is 1. The molecule has 1 atom stereocenters. The van der Waals surface area contributed by atoms with E-state index in [2.05, 4.69) is 0 Å². The minimum Gasteiger partial charge on any atom is -0.478 e. The van der Waals surface area contributed by atoms with E-state index in [1.165, 1.54) is 24.3 Å². The molecule has 2 rings (SSSR count). The van der Waals surface area contributed by atoms with Gasteiger partial charge in [0.25, 0.3) is 5.69 Å². The van der Waals surface area contributed by atoms with Gasteiger partial charge in [-0.15, -0.1) is 0 Å². The van der Waals surface area contributed by atoms with Crippen LogP contribution in [0.4, 0.5) is 5.69 Å². The summed E-state index contributed by atoms with van der Waals surface area (Å²) in [6.45, 7) is 0. The average Bonchev–Trinajstić information content (AvgIpc) is 2.87. The molecule has 8 heteroatoms. The zero-order chi connectivity index (χ0) is 14.7. The molecule has 1 aromatic heterocycles. The fourth-order valence-corrected chi connectivity index (χ4v) is 2.75. The summed E-state index contributed by atoms with van der Waals surface area (Å²) in [5.41, 5.74) is -0.296. The largest absolute Gasteiger partial charge is 0.478 e. The molecular weight excluding hydrogens is 286 g/mol. The van der Waals surface area contributed by atoms with Crippen LogP contribution in [0.3, 0.4) is 0 Å². The summed E-state index contributed by atoms with van der Waals surface area (Å²) in [6, 6.07) is 6.93. The van der Waals surface area contributed by atoms with Crippen LogP contribution in [0, 0.1) is 10.1 Å². The van der Waals surface area contributed by atoms with Gasteiger partial charge in [0, 0.05) is 6.07 Å². The van der Waals surface area contributed by atoms with Crippen molar-refractivity contribution in [1.82, 2.24) is 0 Å². The van der Waals surface area contributed by atoms with Gasteiger partial charge < -0.3 is 9.52 Å². The van der Waals surface area contributed by atoms with Crippen molar-refractivity contribution >= 4 is 22.5 Å². The molecule has 1 heterocycles. The van der Waals surface area contributed by atoms with Crippen molar-refractivity contribution < 1.29 is 23.5 Å². The van der Waals surface area contributed by atoms with Crippen molar-refractivity contribution in [3.8, 4) is 0 Å². The van der Waals surface area contributed by atoms with Gasteiger partial charge in [-0.05, 0) is 12.1 Å². The minimum absolute atomic E-state index is 0.0560. The molecule has 20 heavy (non-hydrogen) atoms. The summed E-state index contributed by atoms with van der Waals surface area (Å²) in [4.78, 5) is 21.0.